The molecule has 2 aromatic heterocycles. The van der Waals surface area contributed by atoms with Gasteiger partial charge in [-0.2, -0.15) is 5.10 Å². The van der Waals surface area contributed by atoms with Crippen molar-refractivity contribution in [1.82, 2.24) is 15.1 Å². The monoisotopic (exact) mass is 299 g/mol. The highest BCUT2D eigenvalue weighted by molar-refractivity contribution is 7.16. The molecule has 0 saturated carbocycles. The number of nitrogens with zero attached hydrogens (tertiary/aromatic N) is 2. The first-order valence-electron chi connectivity index (χ1n) is 6.16. The van der Waals surface area contributed by atoms with Crippen LogP contribution in [0.15, 0.2) is 12.1 Å². The molecule has 0 aromatic carbocycles. The fraction of sp³-hybridized carbons (Fsp3) is 0.462. The molecule has 6 heteroatoms. The fourth-order valence-electron chi connectivity index (χ4n) is 1.85. The first kappa shape index (κ1) is 14.4. The van der Waals surface area contributed by atoms with Gasteiger partial charge < -0.3 is 10.1 Å². The zero-order chi connectivity index (χ0) is 13.8. The largest absolute Gasteiger partial charge is 0.488 e. The van der Waals surface area contributed by atoms with Gasteiger partial charge in [-0.15, -0.1) is 11.3 Å². The van der Waals surface area contributed by atoms with E-state index in [1.54, 1.807) is 11.3 Å². The molecule has 104 valence electrons. The third-order valence-corrected chi connectivity index (χ3v) is 4.13. The molecule has 1 N–H and O–H groups in total. The average Bonchev–Trinajstić information content (AvgIpc) is 2.87. The molecule has 0 aliphatic rings. The van der Waals surface area contributed by atoms with Crippen molar-refractivity contribution in [1.29, 1.82) is 0 Å². The predicted octanol–water partition coefficient (Wildman–Crippen LogP) is 2.92. The Bertz CT molecular complexity index is 550. The Hall–Kier alpha value is -1.04. The second kappa shape index (κ2) is 6.41. The number of aromatic nitrogens is 2. The Balaban J connectivity index is 1.72. The number of halogens is 1. The lowest BCUT2D eigenvalue weighted by atomic mass is 10.3. The number of aryl methyl sites for hydroxylation is 2. The smallest absolute Gasteiger partial charge is 0.163 e. The fourth-order valence-corrected chi connectivity index (χ4v) is 2.90. The van der Waals surface area contributed by atoms with Crippen LogP contribution in [-0.4, -0.2) is 22.9 Å². The van der Waals surface area contributed by atoms with E-state index >= 15 is 0 Å². The van der Waals surface area contributed by atoms with Crippen molar-refractivity contribution >= 4 is 22.9 Å². The second-order valence-corrected chi connectivity index (χ2v) is 6.15. The summed E-state index contributed by atoms with van der Waals surface area (Å²) in [4.78, 5) is 1.23. The van der Waals surface area contributed by atoms with Gasteiger partial charge in [-0.1, -0.05) is 11.6 Å². The maximum absolute atomic E-state index is 5.87. The lowest BCUT2D eigenvalue weighted by Gasteiger charge is -2.07. The predicted molar refractivity (Wildman–Crippen MR) is 79.2 cm³/mol. The normalized spacial score (nSPS) is 10.9. The van der Waals surface area contributed by atoms with E-state index in [9.17, 15) is 0 Å². The van der Waals surface area contributed by atoms with Crippen LogP contribution in [0.2, 0.25) is 4.34 Å². The third kappa shape index (κ3) is 3.72. The van der Waals surface area contributed by atoms with Crippen LogP contribution >= 0.6 is 22.9 Å². The topological polar surface area (TPSA) is 39.1 Å². The van der Waals surface area contributed by atoms with Gasteiger partial charge in [-0.05, 0) is 26.0 Å². The van der Waals surface area contributed by atoms with Crippen LogP contribution in [0.25, 0.3) is 0 Å². The summed E-state index contributed by atoms with van der Waals surface area (Å²) in [6.07, 6.45) is 0. The zero-order valence-corrected chi connectivity index (χ0v) is 12.9. The van der Waals surface area contributed by atoms with Crippen LogP contribution in [0, 0.1) is 13.8 Å². The summed E-state index contributed by atoms with van der Waals surface area (Å²) >= 11 is 7.47. The Morgan fingerprint density at radius 1 is 1.42 bits per heavy atom. The van der Waals surface area contributed by atoms with Crippen molar-refractivity contribution in [3.8, 4) is 5.75 Å². The van der Waals surface area contributed by atoms with Crippen molar-refractivity contribution in [2.45, 2.75) is 20.4 Å². The van der Waals surface area contributed by atoms with Crippen LogP contribution in [0.3, 0.4) is 0 Å². The molecule has 0 unspecified atom stereocenters. The van der Waals surface area contributed by atoms with Gasteiger partial charge in [0.05, 0.1) is 10.0 Å². The lowest BCUT2D eigenvalue weighted by Crippen LogP contribution is -2.20. The van der Waals surface area contributed by atoms with E-state index in [1.807, 2.05) is 37.7 Å². The quantitative estimate of drug-likeness (QED) is 0.834. The average molecular weight is 300 g/mol. The summed E-state index contributed by atoms with van der Waals surface area (Å²) < 4.78 is 8.43. The zero-order valence-electron chi connectivity index (χ0n) is 11.4. The number of ether oxygens (including phenoxy) is 1. The minimum absolute atomic E-state index is 0.631. The molecule has 2 aromatic rings. The van der Waals surface area contributed by atoms with Crippen LogP contribution < -0.4 is 10.1 Å². The Morgan fingerprint density at radius 3 is 2.79 bits per heavy atom. The standard InChI is InChI=1S/C13H18ClN3OS/c1-9-13(10(2)17(3)16-9)18-7-6-15-8-11-4-5-12(14)19-11/h4-5,15H,6-8H2,1-3H3. The van der Waals surface area contributed by atoms with Gasteiger partial charge in [0.1, 0.15) is 12.3 Å². The molecular formula is C13H18ClN3OS. The van der Waals surface area contributed by atoms with Gasteiger partial charge in [0.25, 0.3) is 0 Å². The van der Waals surface area contributed by atoms with Gasteiger partial charge in [0.2, 0.25) is 0 Å². The molecule has 0 amide bonds. The molecule has 19 heavy (non-hydrogen) atoms. The first-order valence-corrected chi connectivity index (χ1v) is 7.35. The van der Waals surface area contributed by atoms with E-state index in [0.29, 0.717) is 6.61 Å². The number of hydrogen-bond donors (Lipinski definition) is 1. The highest BCUT2D eigenvalue weighted by Crippen LogP contribution is 2.22. The number of nitrogens with one attached hydrogen (secondary N) is 1. The second-order valence-electron chi connectivity index (χ2n) is 4.35. The summed E-state index contributed by atoms with van der Waals surface area (Å²) in [5.74, 6) is 0.892. The van der Waals surface area contributed by atoms with E-state index in [4.69, 9.17) is 16.3 Å². The summed E-state index contributed by atoms with van der Waals surface area (Å²) in [7, 11) is 1.92. The Morgan fingerprint density at radius 2 is 2.21 bits per heavy atom. The molecule has 0 spiro atoms. The van der Waals surface area contributed by atoms with Crippen LogP contribution in [0.5, 0.6) is 5.75 Å². The van der Waals surface area contributed by atoms with E-state index in [-0.39, 0.29) is 0 Å². The number of thiophene rings is 1. The van der Waals surface area contributed by atoms with Crippen molar-refractivity contribution < 1.29 is 4.74 Å². The first-order chi connectivity index (χ1) is 9.08. The highest BCUT2D eigenvalue weighted by atomic mass is 35.5. The van der Waals surface area contributed by atoms with Crippen molar-refractivity contribution in [3.63, 3.8) is 0 Å². The van der Waals surface area contributed by atoms with Crippen molar-refractivity contribution in [2.75, 3.05) is 13.2 Å². The SMILES string of the molecule is Cc1nn(C)c(C)c1OCCNCc1ccc(Cl)s1. The van der Waals surface area contributed by atoms with Gasteiger partial charge in [-0.25, -0.2) is 0 Å². The minimum Gasteiger partial charge on any atom is -0.488 e. The molecule has 2 rings (SSSR count). The van der Waals surface area contributed by atoms with Gasteiger partial charge in [0, 0.05) is 25.0 Å². The van der Waals surface area contributed by atoms with E-state index < -0.39 is 0 Å². The molecular weight excluding hydrogens is 282 g/mol. The third-order valence-electron chi connectivity index (χ3n) is 2.90. The molecule has 0 atom stereocenters. The summed E-state index contributed by atoms with van der Waals surface area (Å²) in [5.41, 5.74) is 1.99. The van der Waals surface area contributed by atoms with Gasteiger partial charge in [-0.3, -0.25) is 4.68 Å². The van der Waals surface area contributed by atoms with E-state index in [0.717, 1.165) is 34.6 Å². The molecule has 0 aliphatic carbocycles. The summed E-state index contributed by atoms with van der Waals surface area (Å²) in [6, 6.07) is 3.96. The Labute approximate surface area is 122 Å². The Kier molecular flexibility index (Phi) is 4.85. The molecule has 0 aliphatic heterocycles. The van der Waals surface area contributed by atoms with E-state index in [1.165, 1.54) is 4.88 Å². The van der Waals surface area contributed by atoms with Crippen molar-refractivity contribution in [3.05, 3.63) is 32.7 Å². The molecule has 0 fully saturated rings. The summed E-state index contributed by atoms with van der Waals surface area (Å²) in [5, 5.41) is 7.65. The number of rotatable bonds is 6. The molecule has 0 radical (unpaired) electrons. The van der Waals surface area contributed by atoms with Crippen LogP contribution in [-0.2, 0) is 13.6 Å². The molecule has 0 saturated heterocycles. The maximum atomic E-state index is 5.87. The molecule has 4 nitrogen and oxygen atoms in total. The highest BCUT2D eigenvalue weighted by Gasteiger charge is 2.09. The van der Waals surface area contributed by atoms with Gasteiger partial charge in [0.15, 0.2) is 5.75 Å². The molecule has 0 bridgehead atoms. The lowest BCUT2D eigenvalue weighted by molar-refractivity contribution is 0.309. The van der Waals surface area contributed by atoms with E-state index in [2.05, 4.69) is 10.4 Å². The van der Waals surface area contributed by atoms with Crippen LogP contribution in [0.1, 0.15) is 16.3 Å². The minimum atomic E-state index is 0.631. The van der Waals surface area contributed by atoms with Crippen LogP contribution in [0.4, 0.5) is 0 Å². The summed E-state index contributed by atoms with van der Waals surface area (Å²) in [6.45, 7) is 6.22. The van der Waals surface area contributed by atoms with Gasteiger partial charge >= 0.3 is 0 Å². The number of hydrogen-bond acceptors (Lipinski definition) is 4. The molecule has 2 heterocycles. The van der Waals surface area contributed by atoms with Crippen molar-refractivity contribution in [2.24, 2.45) is 7.05 Å². The maximum Gasteiger partial charge on any atom is 0.163 e.